The highest BCUT2D eigenvalue weighted by atomic mass is 19.2. The molecule has 4 heteroatoms. The molecule has 0 aliphatic heterocycles. The molecule has 1 aromatic carbocycles. The average Bonchev–Trinajstić information content (AvgIpc) is 2.26. The van der Waals surface area contributed by atoms with Crippen LogP contribution in [-0.4, -0.2) is 16.3 Å². The molecule has 0 aliphatic rings. The predicted molar refractivity (Wildman–Crippen MR) is 57.0 cm³/mol. The van der Waals surface area contributed by atoms with Crippen LogP contribution in [0.3, 0.4) is 0 Å². The van der Waals surface area contributed by atoms with Crippen molar-refractivity contribution in [3.05, 3.63) is 34.9 Å². The first-order chi connectivity index (χ1) is 7.49. The number of rotatable bonds is 4. The van der Waals surface area contributed by atoms with Crippen LogP contribution >= 0.6 is 0 Å². The first-order valence-corrected chi connectivity index (χ1v) is 5.29. The SMILES string of the molecule is CCCC(O)C(O)c1ccc(C)c(F)c1F. The Morgan fingerprint density at radius 3 is 2.38 bits per heavy atom. The summed E-state index contributed by atoms with van der Waals surface area (Å²) >= 11 is 0. The summed E-state index contributed by atoms with van der Waals surface area (Å²) in [5.74, 6) is -2.05. The number of hydrogen-bond donors (Lipinski definition) is 2. The molecule has 0 aromatic heterocycles. The molecule has 0 saturated carbocycles. The molecule has 0 aliphatic carbocycles. The fraction of sp³-hybridized carbons (Fsp3) is 0.500. The Labute approximate surface area is 93.5 Å². The minimum Gasteiger partial charge on any atom is -0.390 e. The van der Waals surface area contributed by atoms with Gasteiger partial charge in [0, 0.05) is 5.56 Å². The van der Waals surface area contributed by atoms with Gasteiger partial charge in [-0.15, -0.1) is 0 Å². The first kappa shape index (κ1) is 13.1. The van der Waals surface area contributed by atoms with Crippen molar-refractivity contribution in [3.63, 3.8) is 0 Å². The van der Waals surface area contributed by atoms with Crippen LogP contribution in [0.4, 0.5) is 8.78 Å². The summed E-state index contributed by atoms with van der Waals surface area (Å²) in [4.78, 5) is 0. The highest BCUT2D eigenvalue weighted by Gasteiger charge is 2.23. The van der Waals surface area contributed by atoms with Crippen LogP contribution < -0.4 is 0 Å². The van der Waals surface area contributed by atoms with E-state index in [1.165, 1.54) is 19.1 Å². The van der Waals surface area contributed by atoms with Crippen molar-refractivity contribution in [2.24, 2.45) is 0 Å². The van der Waals surface area contributed by atoms with Crippen LogP contribution in [0.25, 0.3) is 0 Å². The molecule has 0 saturated heterocycles. The number of aryl methyl sites for hydroxylation is 1. The average molecular weight is 230 g/mol. The molecule has 0 bridgehead atoms. The first-order valence-electron chi connectivity index (χ1n) is 5.29. The summed E-state index contributed by atoms with van der Waals surface area (Å²) in [5, 5.41) is 19.2. The summed E-state index contributed by atoms with van der Waals surface area (Å²) in [6.07, 6.45) is -1.44. The molecule has 0 amide bonds. The van der Waals surface area contributed by atoms with Gasteiger partial charge < -0.3 is 10.2 Å². The Morgan fingerprint density at radius 1 is 1.19 bits per heavy atom. The highest BCUT2D eigenvalue weighted by Crippen LogP contribution is 2.25. The maximum absolute atomic E-state index is 13.5. The monoisotopic (exact) mass is 230 g/mol. The maximum Gasteiger partial charge on any atom is 0.164 e. The fourth-order valence-electron chi connectivity index (χ4n) is 1.55. The standard InChI is InChI=1S/C12H16F2O2/c1-3-4-9(15)12(16)8-6-5-7(2)10(13)11(8)14/h5-6,9,12,15-16H,3-4H2,1-2H3. The molecule has 0 radical (unpaired) electrons. The zero-order valence-corrected chi connectivity index (χ0v) is 9.37. The lowest BCUT2D eigenvalue weighted by Crippen LogP contribution is -2.19. The molecule has 1 aromatic rings. The Morgan fingerprint density at radius 2 is 1.81 bits per heavy atom. The van der Waals surface area contributed by atoms with Crippen molar-refractivity contribution in [2.75, 3.05) is 0 Å². The van der Waals surface area contributed by atoms with Gasteiger partial charge in [0.2, 0.25) is 0 Å². The Hall–Kier alpha value is -1.00. The van der Waals surface area contributed by atoms with E-state index in [1.807, 2.05) is 6.92 Å². The lowest BCUT2D eigenvalue weighted by molar-refractivity contribution is 0.0107. The minimum absolute atomic E-state index is 0.179. The van der Waals surface area contributed by atoms with Crippen LogP contribution in [0.5, 0.6) is 0 Å². The van der Waals surface area contributed by atoms with E-state index in [1.54, 1.807) is 0 Å². The van der Waals surface area contributed by atoms with E-state index in [-0.39, 0.29) is 11.1 Å². The van der Waals surface area contributed by atoms with Crippen molar-refractivity contribution in [3.8, 4) is 0 Å². The molecule has 0 spiro atoms. The maximum atomic E-state index is 13.5. The van der Waals surface area contributed by atoms with Gasteiger partial charge in [-0.05, 0) is 18.9 Å². The minimum atomic E-state index is -1.38. The van der Waals surface area contributed by atoms with E-state index in [0.717, 1.165) is 0 Å². The zero-order valence-electron chi connectivity index (χ0n) is 9.37. The molecule has 1 rings (SSSR count). The van der Waals surface area contributed by atoms with Gasteiger partial charge in [0.05, 0.1) is 6.10 Å². The Bertz CT molecular complexity index is 366. The van der Waals surface area contributed by atoms with Crippen LogP contribution in [-0.2, 0) is 0 Å². The van der Waals surface area contributed by atoms with E-state index < -0.39 is 23.8 Å². The largest absolute Gasteiger partial charge is 0.390 e. The van der Waals surface area contributed by atoms with Crippen molar-refractivity contribution in [1.82, 2.24) is 0 Å². The van der Waals surface area contributed by atoms with Gasteiger partial charge in [-0.1, -0.05) is 25.5 Å². The second-order valence-electron chi connectivity index (χ2n) is 3.90. The zero-order chi connectivity index (χ0) is 12.3. The molecule has 0 fully saturated rings. The second-order valence-corrected chi connectivity index (χ2v) is 3.90. The predicted octanol–water partition coefficient (Wildman–Crippen LogP) is 2.47. The van der Waals surface area contributed by atoms with Crippen molar-refractivity contribution < 1.29 is 19.0 Å². The second kappa shape index (κ2) is 5.37. The lowest BCUT2D eigenvalue weighted by Gasteiger charge is -2.18. The highest BCUT2D eigenvalue weighted by molar-refractivity contribution is 5.27. The number of benzene rings is 1. The third-order valence-corrected chi connectivity index (χ3v) is 2.57. The fourth-order valence-corrected chi connectivity index (χ4v) is 1.55. The van der Waals surface area contributed by atoms with Crippen LogP contribution in [0, 0.1) is 18.6 Å². The lowest BCUT2D eigenvalue weighted by atomic mass is 9.99. The molecule has 2 atom stereocenters. The number of aliphatic hydroxyl groups is 2. The molecule has 2 nitrogen and oxygen atoms in total. The molecule has 16 heavy (non-hydrogen) atoms. The van der Waals surface area contributed by atoms with Crippen molar-refractivity contribution in [1.29, 1.82) is 0 Å². The Kier molecular flexibility index (Phi) is 4.38. The molecule has 0 heterocycles. The van der Waals surface area contributed by atoms with Crippen molar-refractivity contribution in [2.45, 2.75) is 38.9 Å². The molecule has 2 N–H and O–H groups in total. The number of aliphatic hydroxyl groups excluding tert-OH is 2. The van der Waals surface area contributed by atoms with E-state index >= 15 is 0 Å². The van der Waals surface area contributed by atoms with E-state index in [0.29, 0.717) is 12.8 Å². The third kappa shape index (κ3) is 2.57. The molecular weight excluding hydrogens is 214 g/mol. The van der Waals surface area contributed by atoms with Crippen molar-refractivity contribution >= 4 is 0 Å². The van der Waals surface area contributed by atoms with Crippen LogP contribution in [0.2, 0.25) is 0 Å². The normalized spacial score (nSPS) is 14.9. The van der Waals surface area contributed by atoms with E-state index in [4.69, 9.17) is 0 Å². The van der Waals surface area contributed by atoms with Crippen LogP contribution in [0.15, 0.2) is 12.1 Å². The summed E-state index contributed by atoms with van der Waals surface area (Å²) in [6.45, 7) is 3.28. The number of halogens is 2. The van der Waals surface area contributed by atoms with Gasteiger partial charge >= 0.3 is 0 Å². The topological polar surface area (TPSA) is 40.5 Å². The summed E-state index contributed by atoms with van der Waals surface area (Å²) in [7, 11) is 0. The van der Waals surface area contributed by atoms with Gasteiger partial charge in [-0.2, -0.15) is 0 Å². The van der Waals surface area contributed by atoms with E-state index in [2.05, 4.69) is 0 Å². The number of hydrogen-bond acceptors (Lipinski definition) is 2. The quantitative estimate of drug-likeness (QED) is 0.834. The van der Waals surface area contributed by atoms with E-state index in [9.17, 15) is 19.0 Å². The van der Waals surface area contributed by atoms with Gasteiger partial charge in [0.1, 0.15) is 6.10 Å². The molecule has 90 valence electrons. The smallest absolute Gasteiger partial charge is 0.164 e. The van der Waals surface area contributed by atoms with Gasteiger partial charge in [-0.25, -0.2) is 8.78 Å². The third-order valence-electron chi connectivity index (χ3n) is 2.57. The van der Waals surface area contributed by atoms with Crippen LogP contribution in [0.1, 0.15) is 37.0 Å². The molecular formula is C12H16F2O2. The Balaban J connectivity index is 3.00. The summed E-state index contributed by atoms with van der Waals surface area (Å²) in [5.41, 5.74) is -0.0116. The summed E-state index contributed by atoms with van der Waals surface area (Å²) < 4.78 is 26.7. The summed E-state index contributed by atoms with van der Waals surface area (Å²) in [6, 6.07) is 2.69. The molecule has 2 unspecified atom stereocenters. The van der Waals surface area contributed by atoms with Gasteiger partial charge in [0.25, 0.3) is 0 Å². The van der Waals surface area contributed by atoms with Gasteiger partial charge in [0.15, 0.2) is 11.6 Å². The van der Waals surface area contributed by atoms with Gasteiger partial charge in [-0.3, -0.25) is 0 Å².